The molecule has 1 aromatic carbocycles. The summed E-state index contributed by atoms with van der Waals surface area (Å²) in [6.07, 6.45) is 0.357. The second-order valence-electron chi connectivity index (χ2n) is 3.47. The van der Waals surface area contributed by atoms with Gasteiger partial charge in [-0.15, -0.1) is 5.10 Å². The average molecular weight is 209 g/mol. The number of aromatic nitrogens is 4. The molecule has 0 radical (unpaired) electrons. The number of rotatable bonds is 1. The van der Waals surface area contributed by atoms with E-state index in [-0.39, 0.29) is 0 Å². The molecule has 0 saturated carbocycles. The van der Waals surface area contributed by atoms with Gasteiger partial charge < -0.3 is 0 Å². The van der Waals surface area contributed by atoms with Gasteiger partial charge in [0.25, 0.3) is 0 Å². The van der Waals surface area contributed by atoms with Gasteiger partial charge in [-0.25, -0.2) is 0 Å². The first-order valence-electron chi connectivity index (χ1n) is 4.86. The summed E-state index contributed by atoms with van der Waals surface area (Å²) in [4.78, 5) is 0. The number of tetrazole rings is 1. The molecule has 5 nitrogen and oxygen atoms in total. The second kappa shape index (κ2) is 3.28. The largest absolute Gasteiger partial charge is 0.198 e. The van der Waals surface area contributed by atoms with E-state index < -0.39 is 0 Å². The summed E-state index contributed by atoms with van der Waals surface area (Å²) in [5.74, 6) is 0. The van der Waals surface area contributed by atoms with Gasteiger partial charge in [0.15, 0.2) is 5.65 Å². The number of pyridine rings is 1. The Hall–Kier alpha value is -2.48. The number of hydrogen-bond acceptors (Lipinski definition) is 4. The van der Waals surface area contributed by atoms with Crippen molar-refractivity contribution in [1.29, 1.82) is 5.26 Å². The van der Waals surface area contributed by atoms with E-state index >= 15 is 0 Å². The van der Waals surface area contributed by atoms with Gasteiger partial charge in [-0.05, 0) is 28.1 Å². The molecule has 0 bridgehead atoms. The number of para-hydroxylation sites is 1. The highest BCUT2D eigenvalue weighted by molar-refractivity contribution is 5.84. The molecular formula is C11H7N5. The Morgan fingerprint density at radius 3 is 3.06 bits per heavy atom. The predicted octanol–water partition coefficient (Wildman–Crippen LogP) is 1.34. The smallest absolute Gasteiger partial charge is 0.179 e. The van der Waals surface area contributed by atoms with Crippen molar-refractivity contribution in [3.05, 3.63) is 35.9 Å². The minimum atomic E-state index is 0.357. The normalized spacial score (nSPS) is 10.7. The van der Waals surface area contributed by atoms with Crippen molar-refractivity contribution in [1.82, 2.24) is 20.0 Å². The van der Waals surface area contributed by atoms with Crippen LogP contribution in [-0.2, 0) is 6.42 Å². The second-order valence-corrected chi connectivity index (χ2v) is 3.47. The zero-order valence-corrected chi connectivity index (χ0v) is 8.33. The molecule has 2 heterocycles. The Morgan fingerprint density at radius 1 is 1.25 bits per heavy atom. The SMILES string of the molecule is N#CCc1cccc2ccc3nnnn3c12. The highest BCUT2D eigenvalue weighted by Crippen LogP contribution is 2.19. The van der Waals surface area contributed by atoms with Crippen LogP contribution in [-0.4, -0.2) is 20.0 Å². The molecule has 0 N–H and O–H groups in total. The number of nitriles is 1. The lowest BCUT2D eigenvalue weighted by molar-refractivity contribution is 0.839. The van der Waals surface area contributed by atoms with Crippen molar-refractivity contribution in [3.8, 4) is 6.07 Å². The summed E-state index contributed by atoms with van der Waals surface area (Å²) in [7, 11) is 0. The highest BCUT2D eigenvalue weighted by Gasteiger charge is 2.06. The maximum absolute atomic E-state index is 8.79. The van der Waals surface area contributed by atoms with Crippen LogP contribution in [0, 0.1) is 11.3 Å². The van der Waals surface area contributed by atoms with Crippen molar-refractivity contribution in [2.24, 2.45) is 0 Å². The van der Waals surface area contributed by atoms with Crippen LogP contribution < -0.4 is 0 Å². The Morgan fingerprint density at radius 2 is 2.19 bits per heavy atom. The summed E-state index contributed by atoms with van der Waals surface area (Å²) in [5, 5.41) is 21.3. The molecule has 5 heteroatoms. The molecule has 0 unspecified atom stereocenters. The minimum Gasteiger partial charge on any atom is -0.198 e. The monoisotopic (exact) mass is 209 g/mol. The highest BCUT2D eigenvalue weighted by atomic mass is 15.5. The lowest BCUT2D eigenvalue weighted by Gasteiger charge is -2.03. The first-order chi connectivity index (χ1) is 7.90. The fourth-order valence-corrected chi connectivity index (χ4v) is 1.85. The van der Waals surface area contributed by atoms with Gasteiger partial charge in [0.2, 0.25) is 0 Å². The van der Waals surface area contributed by atoms with Crippen LogP contribution in [0.15, 0.2) is 30.3 Å². The van der Waals surface area contributed by atoms with Gasteiger partial charge in [0.1, 0.15) is 0 Å². The van der Waals surface area contributed by atoms with Crippen molar-refractivity contribution in [2.45, 2.75) is 6.42 Å². The Balaban J connectivity index is 2.50. The van der Waals surface area contributed by atoms with E-state index in [9.17, 15) is 0 Å². The fourth-order valence-electron chi connectivity index (χ4n) is 1.85. The van der Waals surface area contributed by atoms with E-state index in [1.807, 2.05) is 30.3 Å². The van der Waals surface area contributed by atoms with Crippen LogP contribution in [0.5, 0.6) is 0 Å². The van der Waals surface area contributed by atoms with E-state index in [4.69, 9.17) is 5.26 Å². The van der Waals surface area contributed by atoms with Crippen LogP contribution in [0.3, 0.4) is 0 Å². The quantitative estimate of drug-likeness (QED) is 0.606. The average Bonchev–Trinajstić information content (AvgIpc) is 2.77. The van der Waals surface area contributed by atoms with Crippen molar-refractivity contribution < 1.29 is 0 Å². The topological polar surface area (TPSA) is 66.9 Å². The third kappa shape index (κ3) is 1.13. The maximum Gasteiger partial charge on any atom is 0.179 e. The zero-order valence-electron chi connectivity index (χ0n) is 8.33. The summed E-state index contributed by atoms with van der Waals surface area (Å²) in [5.41, 5.74) is 2.54. The molecule has 0 saturated heterocycles. The van der Waals surface area contributed by atoms with Crippen LogP contribution in [0.2, 0.25) is 0 Å². The number of benzene rings is 1. The maximum atomic E-state index is 8.79. The van der Waals surface area contributed by atoms with E-state index in [0.717, 1.165) is 16.5 Å². The van der Waals surface area contributed by atoms with Gasteiger partial charge in [-0.3, -0.25) is 0 Å². The van der Waals surface area contributed by atoms with Crippen LogP contribution in [0.1, 0.15) is 5.56 Å². The van der Waals surface area contributed by atoms with E-state index in [1.54, 1.807) is 4.52 Å². The summed E-state index contributed by atoms with van der Waals surface area (Å²) in [6, 6.07) is 11.8. The molecule has 0 atom stereocenters. The molecule has 3 rings (SSSR count). The van der Waals surface area contributed by atoms with Crippen molar-refractivity contribution in [3.63, 3.8) is 0 Å². The van der Waals surface area contributed by atoms with Crippen LogP contribution >= 0.6 is 0 Å². The molecule has 0 aliphatic rings. The minimum absolute atomic E-state index is 0.357. The van der Waals surface area contributed by atoms with E-state index in [2.05, 4.69) is 21.6 Å². The van der Waals surface area contributed by atoms with Gasteiger partial charge in [0, 0.05) is 5.39 Å². The van der Waals surface area contributed by atoms with Crippen molar-refractivity contribution >= 4 is 16.6 Å². The summed E-state index contributed by atoms with van der Waals surface area (Å²) >= 11 is 0. The van der Waals surface area contributed by atoms with Crippen LogP contribution in [0.4, 0.5) is 0 Å². The Labute approximate surface area is 90.9 Å². The van der Waals surface area contributed by atoms with E-state index in [1.165, 1.54) is 0 Å². The van der Waals surface area contributed by atoms with Crippen molar-refractivity contribution in [2.75, 3.05) is 0 Å². The standard InChI is InChI=1S/C11H7N5/c12-7-6-9-3-1-2-8-4-5-10-13-14-15-16(10)11(8)9/h1-5H,6H2. The number of nitrogens with zero attached hydrogens (tertiary/aromatic N) is 5. The first-order valence-corrected chi connectivity index (χ1v) is 4.86. The third-order valence-corrected chi connectivity index (χ3v) is 2.54. The zero-order chi connectivity index (χ0) is 11.0. The van der Waals surface area contributed by atoms with Gasteiger partial charge in [-0.2, -0.15) is 9.78 Å². The fraction of sp³-hybridized carbons (Fsp3) is 0.0909. The Kier molecular flexibility index (Phi) is 1.80. The van der Waals surface area contributed by atoms with Crippen LogP contribution in [0.25, 0.3) is 16.6 Å². The van der Waals surface area contributed by atoms with E-state index in [0.29, 0.717) is 12.1 Å². The summed E-state index contributed by atoms with van der Waals surface area (Å²) < 4.78 is 1.67. The number of fused-ring (bicyclic) bond motifs is 3. The molecular weight excluding hydrogens is 202 g/mol. The molecule has 0 aliphatic heterocycles. The molecule has 2 aromatic heterocycles. The first kappa shape index (κ1) is 8.80. The van der Waals surface area contributed by atoms with Gasteiger partial charge in [0.05, 0.1) is 18.0 Å². The molecule has 76 valence electrons. The lowest BCUT2D eigenvalue weighted by Crippen LogP contribution is -1.95. The molecule has 0 fully saturated rings. The molecule has 3 aromatic rings. The predicted molar refractivity (Wildman–Crippen MR) is 57.6 cm³/mol. The number of hydrogen-bond donors (Lipinski definition) is 0. The van der Waals surface area contributed by atoms with Gasteiger partial charge in [-0.1, -0.05) is 18.2 Å². The third-order valence-electron chi connectivity index (χ3n) is 2.54. The molecule has 16 heavy (non-hydrogen) atoms. The molecule has 0 aliphatic carbocycles. The van der Waals surface area contributed by atoms with Gasteiger partial charge >= 0.3 is 0 Å². The molecule has 0 amide bonds. The summed E-state index contributed by atoms with van der Waals surface area (Å²) in [6.45, 7) is 0. The Bertz CT molecular complexity index is 707. The lowest BCUT2D eigenvalue weighted by atomic mass is 10.1. The molecule has 0 spiro atoms.